The number of rotatable bonds is 5. The maximum absolute atomic E-state index is 7.02. The summed E-state index contributed by atoms with van der Waals surface area (Å²) in [4.78, 5) is 4.94. The highest BCUT2D eigenvalue weighted by Crippen LogP contribution is 2.47. The van der Waals surface area contributed by atoms with Crippen molar-refractivity contribution < 1.29 is 4.74 Å². The Kier molecular flexibility index (Phi) is 6.92. The van der Waals surface area contributed by atoms with Crippen LogP contribution in [-0.2, 0) is 0 Å². The number of anilines is 5. The maximum atomic E-state index is 7.02. The van der Waals surface area contributed by atoms with Crippen LogP contribution < -0.4 is 25.5 Å². The second-order valence-corrected chi connectivity index (χ2v) is 14.2. The van der Waals surface area contributed by atoms with Crippen molar-refractivity contribution >= 4 is 67.6 Å². The van der Waals surface area contributed by atoms with Crippen molar-refractivity contribution in [1.29, 1.82) is 0 Å². The summed E-state index contributed by atoms with van der Waals surface area (Å²) < 4.78 is 7.02. The highest BCUT2D eigenvalue weighted by Gasteiger charge is 2.45. The van der Waals surface area contributed by atoms with E-state index >= 15 is 0 Å². The Morgan fingerprint density at radius 1 is 0.627 bits per heavy atom. The molecule has 0 N–H and O–H groups in total. The number of hydrogen-bond acceptors (Lipinski definition) is 3. The molecule has 0 saturated carbocycles. The Bertz CT molecular complexity index is 2490. The highest BCUT2D eigenvalue weighted by atomic mass is 16.5. The lowest BCUT2D eigenvalue weighted by atomic mass is 9.32. The molecule has 1 unspecified atom stereocenters. The zero-order valence-corrected chi connectivity index (χ0v) is 28.9. The first-order valence-electron chi connectivity index (χ1n) is 18.0. The van der Waals surface area contributed by atoms with Crippen LogP contribution in [0, 0.1) is 19.8 Å². The van der Waals surface area contributed by atoms with Gasteiger partial charge in [0, 0.05) is 52.7 Å². The van der Waals surface area contributed by atoms with Gasteiger partial charge in [0.2, 0.25) is 0 Å². The topological polar surface area (TPSA) is 15.7 Å². The van der Waals surface area contributed by atoms with Crippen molar-refractivity contribution in [3.63, 3.8) is 0 Å². The van der Waals surface area contributed by atoms with E-state index in [4.69, 9.17) is 4.74 Å². The van der Waals surface area contributed by atoms with Gasteiger partial charge >= 0.3 is 0 Å². The number of para-hydroxylation sites is 1. The van der Waals surface area contributed by atoms with E-state index in [1.54, 1.807) is 0 Å². The molecule has 3 nitrogen and oxygen atoms in total. The van der Waals surface area contributed by atoms with Gasteiger partial charge < -0.3 is 14.5 Å². The van der Waals surface area contributed by atoms with Crippen molar-refractivity contribution in [2.45, 2.75) is 20.3 Å². The molecule has 3 aliphatic rings. The Hall–Kier alpha value is -6.00. The summed E-state index contributed by atoms with van der Waals surface area (Å²) in [6.45, 7) is 5.20. The van der Waals surface area contributed by atoms with Crippen molar-refractivity contribution in [3.8, 4) is 5.75 Å². The zero-order chi connectivity index (χ0) is 34.1. The van der Waals surface area contributed by atoms with Crippen molar-refractivity contribution in [2.75, 3.05) is 16.3 Å². The van der Waals surface area contributed by atoms with E-state index in [0.29, 0.717) is 0 Å². The molecular weight excluding hydrogens is 619 g/mol. The normalized spacial score (nSPS) is 15.8. The van der Waals surface area contributed by atoms with Crippen molar-refractivity contribution in [2.24, 2.45) is 5.92 Å². The summed E-state index contributed by atoms with van der Waals surface area (Å²) >= 11 is 0. The van der Waals surface area contributed by atoms with Gasteiger partial charge in [0.15, 0.2) is 0 Å². The number of allylic oxidation sites excluding steroid dienone is 3. The molecule has 2 heterocycles. The molecule has 2 aliphatic heterocycles. The Morgan fingerprint density at radius 2 is 1.24 bits per heavy atom. The fraction of sp³-hybridized carbons (Fsp3) is 0.106. The predicted molar refractivity (Wildman–Crippen MR) is 215 cm³/mol. The first kappa shape index (κ1) is 29.9. The van der Waals surface area contributed by atoms with Crippen LogP contribution >= 0.6 is 0 Å². The lowest BCUT2D eigenvalue weighted by molar-refractivity contribution is 0.378. The van der Waals surface area contributed by atoms with E-state index in [1.807, 2.05) is 0 Å². The van der Waals surface area contributed by atoms with Crippen molar-refractivity contribution in [3.05, 3.63) is 180 Å². The van der Waals surface area contributed by atoms with E-state index in [-0.39, 0.29) is 12.6 Å². The van der Waals surface area contributed by atoms with E-state index in [1.165, 1.54) is 71.8 Å². The summed E-state index contributed by atoms with van der Waals surface area (Å²) in [7, 11) is 0. The molecule has 7 aromatic rings. The molecule has 10 rings (SSSR count). The van der Waals surface area contributed by atoms with Gasteiger partial charge in [-0.3, -0.25) is 0 Å². The molecule has 1 aliphatic carbocycles. The van der Waals surface area contributed by atoms with Crippen LogP contribution in [-0.4, -0.2) is 13.3 Å². The molecule has 0 radical (unpaired) electrons. The summed E-state index contributed by atoms with van der Waals surface area (Å²) in [6, 6.07) is 53.1. The van der Waals surface area contributed by atoms with Gasteiger partial charge in [-0.05, 0) is 94.9 Å². The molecule has 4 heteroatoms. The monoisotopic (exact) mass is 656 g/mol. The van der Waals surface area contributed by atoms with Gasteiger partial charge in [0.1, 0.15) is 11.5 Å². The minimum Gasteiger partial charge on any atom is -0.463 e. The molecule has 244 valence electrons. The number of nitrogens with zero attached hydrogens (tertiary/aromatic N) is 2. The van der Waals surface area contributed by atoms with Crippen LogP contribution in [0.15, 0.2) is 169 Å². The van der Waals surface area contributed by atoms with Crippen LogP contribution in [0.1, 0.15) is 17.5 Å². The molecule has 1 atom stereocenters. The third-order valence-electron chi connectivity index (χ3n) is 11.0. The van der Waals surface area contributed by atoms with Crippen LogP contribution in [0.3, 0.4) is 0 Å². The van der Waals surface area contributed by atoms with Gasteiger partial charge in [-0.2, -0.15) is 0 Å². The first-order chi connectivity index (χ1) is 25.1. The molecule has 0 amide bonds. The van der Waals surface area contributed by atoms with Crippen LogP contribution in [0.5, 0.6) is 5.75 Å². The number of benzene rings is 7. The second-order valence-electron chi connectivity index (χ2n) is 14.2. The van der Waals surface area contributed by atoms with Gasteiger partial charge in [-0.1, -0.05) is 120 Å². The smallest absolute Gasteiger partial charge is 0.256 e. The molecule has 7 aromatic carbocycles. The van der Waals surface area contributed by atoms with Gasteiger partial charge in [0.05, 0.1) is 0 Å². The average molecular weight is 657 g/mol. The Morgan fingerprint density at radius 3 is 1.92 bits per heavy atom. The Balaban J connectivity index is 1.14. The second kappa shape index (κ2) is 11.8. The number of hydrogen-bond donors (Lipinski definition) is 0. The third-order valence-corrected chi connectivity index (χ3v) is 11.0. The molecule has 0 aromatic heterocycles. The standard InChI is InChI=1S/C47H37BN2O/c1-31-19-24-34(25-20-31)49(35-26-21-32(2)22-27-35)30-33-23-28-41-44(29-33)51-43-18-10-17-42-46(43)48(41)45-39-15-8-6-13-37(39)38-14-7-9-16-40(38)47(45)50(42)36-11-4-3-5-12-36/h3-28,33H,29-30H2,1-2H3. The Labute approximate surface area is 299 Å². The summed E-state index contributed by atoms with van der Waals surface area (Å²) in [6.07, 6.45) is 5.67. The maximum Gasteiger partial charge on any atom is 0.256 e. The number of aryl methyl sites for hydroxylation is 2. The summed E-state index contributed by atoms with van der Waals surface area (Å²) in [5.41, 5.74) is 12.4. The molecule has 0 bridgehead atoms. The number of fused-ring (bicyclic) bond motifs is 8. The fourth-order valence-electron chi connectivity index (χ4n) is 8.63. The van der Waals surface area contributed by atoms with E-state index < -0.39 is 0 Å². The largest absolute Gasteiger partial charge is 0.463 e. The lowest BCUT2D eigenvalue weighted by Crippen LogP contribution is -2.54. The fourth-order valence-corrected chi connectivity index (χ4v) is 8.63. The minimum absolute atomic E-state index is 0.0481. The van der Waals surface area contributed by atoms with Crippen molar-refractivity contribution in [1.82, 2.24) is 0 Å². The van der Waals surface area contributed by atoms with E-state index in [0.717, 1.165) is 30.2 Å². The van der Waals surface area contributed by atoms with Crippen LogP contribution in [0.4, 0.5) is 28.4 Å². The van der Waals surface area contributed by atoms with Gasteiger partial charge in [0.25, 0.3) is 6.71 Å². The molecular formula is C47H37BN2O. The molecule has 0 spiro atoms. The highest BCUT2D eigenvalue weighted by molar-refractivity contribution is 6.96. The van der Waals surface area contributed by atoms with E-state index in [9.17, 15) is 0 Å². The zero-order valence-electron chi connectivity index (χ0n) is 28.9. The summed E-state index contributed by atoms with van der Waals surface area (Å²) in [5, 5.41) is 5.13. The van der Waals surface area contributed by atoms with Gasteiger partial charge in [-0.15, -0.1) is 0 Å². The average Bonchev–Trinajstić information content (AvgIpc) is 3.18. The first-order valence-corrected chi connectivity index (χ1v) is 18.0. The summed E-state index contributed by atoms with van der Waals surface area (Å²) in [5.74, 6) is 2.32. The molecule has 0 fully saturated rings. The minimum atomic E-state index is 0.0481. The molecule has 51 heavy (non-hydrogen) atoms. The SMILES string of the molecule is Cc1ccc(N(CC2C=CC3=C(C2)Oc2cccc4c2B3c2c(c3ccccc3c3ccccc23)N4c2ccccc2)c2ccc(C)cc2)cc1. The quantitative estimate of drug-likeness (QED) is 0.135. The van der Waals surface area contributed by atoms with Crippen LogP contribution in [0.2, 0.25) is 0 Å². The van der Waals surface area contributed by atoms with E-state index in [2.05, 4.69) is 181 Å². The molecule has 0 saturated heterocycles. The lowest BCUT2D eigenvalue weighted by Gasteiger charge is -2.42. The van der Waals surface area contributed by atoms with Crippen LogP contribution in [0.25, 0.3) is 21.5 Å². The number of ether oxygens (including phenoxy) is 1. The third kappa shape index (κ3) is 4.81. The predicted octanol–water partition coefficient (Wildman–Crippen LogP) is 10.6. The van der Waals surface area contributed by atoms with Gasteiger partial charge in [-0.25, -0.2) is 0 Å².